The molecule has 4 aromatic carbocycles. The van der Waals surface area contributed by atoms with Crippen LogP contribution in [0.2, 0.25) is 0 Å². The topological polar surface area (TPSA) is 72.2 Å². The third-order valence-corrected chi connectivity index (χ3v) is 8.80. The number of hydrogen-bond acceptors (Lipinski definition) is 3. The molecule has 0 aliphatic carbocycles. The molecule has 2 atom stereocenters. The fourth-order valence-corrected chi connectivity index (χ4v) is 5.59. The van der Waals surface area contributed by atoms with Crippen molar-refractivity contribution in [1.82, 2.24) is 4.72 Å². The normalized spacial score (nSPS) is 12.9. The average molecular weight is 644 g/mol. The molecule has 3 N–H and O–H groups in total. The minimum atomic E-state index is -3.75. The van der Waals surface area contributed by atoms with Crippen molar-refractivity contribution in [2.45, 2.75) is 70.9 Å². The third kappa shape index (κ3) is 8.68. The van der Waals surface area contributed by atoms with Crippen molar-refractivity contribution in [1.29, 1.82) is 0 Å². The fourth-order valence-electron chi connectivity index (χ4n) is 4.34. The Labute approximate surface area is 254 Å². The Morgan fingerprint density at radius 1 is 0.650 bits per heavy atom. The van der Waals surface area contributed by atoms with E-state index in [1.807, 2.05) is 72.8 Å². The molecule has 0 spiro atoms. The zero-order valence-corrected chi connectivity index (χ0v) is 27.1. The molecule has 4 aromatic rings. The van der Waals surface area contributed by atoms with E-state index >= 15 is 0 Å². The first-order chi connectivity index (χ1) is 18.3. The largest absolute Gasteiger partial charge is 0.322 e. The standard InChI is InChI=1S/C24H28N2O2S.C10H14.Ru/c1-24(2,3)20-14-16-21(17-15-20)29(27,28)26-23(19-12-8-5-9-13-19)22(25)18-10-6-4-7-11-18;1-7-5-6-8(2)10(4)9(7)3;/h4-17,22-23,26H,25H2,1-3H3;5-6H,1-4H3;/t22-,23-;;/m0../s1. The Hall–Kier alpha value is -2.63. The van der Waals surface area contributed by atoms with Crippen LogP contribution < -0.4 is 10.5 Å². The van der Waals surface area contributed by atoms with Gasteiger partial charge in [0, 0.05) is 19.5 Å². The summed E-state index contributed by atoms with van der Waals surface area (Å²) < 4.78 is 29.1. The first-order valence-corrected chi connectivity index (χ1v) is 14.8. The summed E-state index contributed by atoms with van der Waals surface area (Å²) in [5.74, 6) is 0. The van der Waals surface area contributed by atoms with Crippen molar-refractivity contribution in [3.63, 3.8) is 0 Å². The molecule has 0 aliphatic heterocycles. The number of aryl methyl sites for hydroxylation is 2. The second kappa shape index (κ2) is 14.3. The van der Waals surface area contributed by atoms with Crippen LogP contribution in [0.15, 0.2) is 102 Å². The van der Waals surface area contributed by atoms with Crippen molar-refractivity contribution in [2.75, 3.05) is 0 Å². The van der Waals surface area contributed by atoms with Gasteiger partial charge in [-0.05, 0) is 84.2 Å². The van der Waals surface area contributed by atoms with E-state index in [2.05, 4.69) is 65.3 Å². The molecular formula is C34H42N2O2RuS. The molecule has 0 amide bonds. The Morgan fingerprint density at radius 3 is 1.50 bits per heavy atom. The second-order valence-electron chi connectivity index (χ2n) is 11.2. The van der Waals surface area contributed by atoms with Crippen LogP contribution in [-0.2, 0) is 34.9 Å². The molecule has 0 radical (unpaired) electrons. The van der Waals surface area contributed by atoms with Crippen molar-refractivity contribution in [2.24, 2.45) is 5.73 Å². The molecule has 0 unspecified atom stereocenters. The van der Waals surface area contributed by atoms with Gasteiger partial charge in [-0.15, -0.1) is 0 Å². The van der Waals surface area contributed by atoms with Gasteiger partial charge < -0.3 is 5.73 Å². The molecule has 0 saturated heterocycles. The molecule has 40 heavy (non-hydrogen) atoms. The van der Waals surface area contributed by atoms with E-state index in [1.165, 1.54) is 22.3 Å². The SMILES string of the molecule is CC(C)(C)c1ccc(S(=O)(=O)N[C@@H](c2ccccc2)[C@@H](N)c2ccccc2)cc1.Cc1ccc(C)c(C)c1C.[Ru]. The van der Waals surface area contributed by atoms with Crippen LogP contribution in [0, 0.1) is 27.7 Å². The number of nitrogens with one attached hydrogen (secondary N) is 1. The number of rotatable bonds is 6. The summed E-state index contributed by atoms with van der Waals surface area (Å²) in [7, 11) is -3.75. The predicted octanol–water partition coefficient (Wildman–Crippen LogP) is 7.62. The summed E-state index contributed by atoms with van der Waals surface area (Å²) in [6, 6.07) is 29.2. The predicted molar refractivity (Wildman–Crippen MR) is 163 cm³/mol. The third-order valence-electron chi connectivity index (χ3n) is 7.34. The maximum Gasteiger partial charge on any atom is 0.241 e. The molecule has 214 valence electrons. The Bertz CT molecular complexity index is 1440. The molecule has 0 aromatic heterocycles. The maximum atomic E-state index is 13.1. The zero-order valence-electron chi connectivity index (χ0n) is 24.5. The molecule has 4 nitrogen and oxygen atoms in total. The van der Waals surface area contributed by atoms with Crippen LogP contribution in [0.25, 0.3) is 0 Å². The number of sulfonamides is 1. The quantitative estimate of drug-likeness (QED) is 0.212. The van der Waals surface area contributed by atoms with Gasteiger partial charge in [0.15, 0.2) is 0 Å². The minimum Gasteiger partial charge on any atom is -0.322 e. The van der Waals surface area contributed by atoms with Crippen LogP contribution in [0.5, 0.6) is 0 Å². The van der Waals surface area contributed by atoms with E-state index in [1.54, 1.807) is 12.1 Å². The summed E-state index contributed by atoms with van der Waals surface area (Å²) in [5, 5.41) is 0. The van der Waals surface area contributed by atoms with Gasteiger partial charge in [-0.2, -0.15) is 0 Å². The van der Waals surface area contributed by atoms with Crippen molar-refractivity contribution in [3.05, 3.63) is 136 Å². The maximum absolute atomic E-state index is 13.1. The first kappa shape index (κ1) is 33.6. The van der Waals surface area contributed by atoms with Crippen molar-refractivity contribution >= 4 is 10.0 Å². The monoisotopic (exact) mass is 644 g/mol. The van der Waals surface area contributed by atoms with Crippen LogP contribution >= 0.6 is 0 Å². The summed E-state index contributed by atoms with van der Waals surface area (Å²) >= 11 is 0. The molecule has 6 heteroatoms. The van der Waals surface area contributed by atoms with Gasteiger partial charge >= 0.3 is 0 Å². The Balaban J connectivity index is 0.000000431. The van der Waals surface area contributed by atoms with Crippen molar-refractivity contribution in [3.8, 4) is 0 Å². The summed E-state index contributed by atoms with van der Waals surface area (Å²) in [6.45, 7) is 15.0. The van der Waals surface area contributed by atoms with Crippen LogP contribution in [0.4, 0.5) is 0 Å². The fraction of sp³-hybridized carbons (Fsp3) is 0.294. The van der Waals surface area contributed by atoms with E-state index in [4.69, 9.17) is 5.73 Å². The van der Waals surface area contributed by atoms with E-state index < -0.39 is 22.1 Å². The van der Waals surface area contributed by atoms with Gasteiger partial charge in [-0.25, -0.2) is 13.1 Å². The Kier molecular flexibility index (Phi) is 12.0. The first-order valence-electron chi connectivity index (χ1n) is 13.3. The Morgan fingerprint density at radius 2 is 1.07 bits per heavy atom. The smallest absolute Gasteiger partial charge is 0.241 e. The molecule has 0 aliphatic rings. The van der Waals surface area contributed by atoms with Crippen molar-refractivity contribution < 1.29 is 27.9 Å². The van der Waals surface area contributed by atoms with Crippen LogP contribution in [0.3, 0.4) is 0 Å². The number of benzene rings is 4. The molecule has 0 saturated carbocycles. The van der Waals surface area contributed by atoms with Gasteiger partial charge in [-0.1, -0.05) is 106 Å². The van der Waals surface area contributed by atoms with Gasteiger partial charge in [0.05, 0.1) is 17.0 Å². The van der Waals surface area contributed by atoms with Gasteiger partial charge in [0.2, 0.25) is 10.0 Å². The van der Waals surface area contributed by atoms with Gasteiger partial charge in [0.1, 0.15) is 0 Å². The minimum absolute atomic E-state index is 0. The van der Waals surface area contributed by atoms with E-state index in [-0.39, 0.29) is 29.8 Å². The van der Waals surface area contributed by atoms with E-state index in [9.17, 15) is 8.42 Å². The van der Waals surface area contributed by atoms with E-state index in [0.717, 1.165) is 16.7 Å². The molecular weight excluding hydrogens is 602 g/mol. The van der Waals surface area contributed by atoms with Crippen LogP contribution in [-0.4, -0.2) is 8.42 Å². The average Bonchev–Trinajstić information content (AvgIpc) is 2.93. The summed E-state index contributed by atoms with van der Waals surface area (Å²) in [6.07, 6.45) is 0. The van der Waals surface area contributed by atoms with Gasteiger partial charge in [0.25, 0.3) is 0 Å². The second-order valence-corrected chi connectivity index (χ2v) is 12.9. The van der Waals surface area contributed by atoms with Gasteiger partial charge in [-0.3, -0.25) is 0 Å². The van der Waals surface area contributed by atoms with Crippen LogP contribution in [0.1, 0.15) is 71.8 Å². The molecule has 0 fully saturated rings. The zero-order chi connectivity index (χ0) is 28.8. The number of nitrogens with two attached hydrogens (primary N) is 1. The molecule has 4 rings (SSSR count). The summed E-state index contributed by atoms with van der Waals surface area (Å²) in [5.41, 5.74) is 14.9. The molecule has 0 bridgehead atoms. The summed E-state index contributed by atoms with van der Waals surface area (Å²) in [4.78, 5) is 0.228. The molecule has 0 heterocycles. The van der Waals surface area contributed by atoms with E-state index in [0.29, 0.717) is 0 Å². The number of hydrogen-bond donors (Lipinski definition) is 2.